The minimum atomic E-state index is -3.99. The van der Waals surface area contributed by atoms with E-state index in [0.717, 1.165) is 12.8 Å². The molecule has 0 aliphatic heterocycles. The van der Waals surface area contributed by atoms with Crippen LogP contribution in [0.15, 0.2) is 0 Å². The Morgan fingerprint density at radius 1 is 0.824 bits per heavy atom. The van der Waals surface area contributed by atoms with Gasteiger partial charge in [0.2, 0.25) is 0 Å². The zero-order chi connectivity index (χ0) is 13.0. The van der Waals surface area contributed by atoms with Crippen molar-refractivity contribution in [3.8, 4) is 0 Å². The van der Waals surface area contributed by atoms with E-state index in [0.29, 0.717) is 6.54 Å². The molecule has 0 saturated carbocycles. The van der Waals surface area contributed by atoms with Crippen LogP contribution in [-0.2, 0) is 4.57 Å². The van der Waals surface area contributed by atoms with Gasteiger partial charge in [-0.05, 0) is 6.42 Å². The van der Waals surface area contributed by atoms with Crippen molar-refractivity contribution >= 4 is 7.75 Å². The molecule has 0 atom stereocenters. The highest BCUT2D eigenvalue weighted by molar-refractivity contribution is 7.49. The average Bonchev–Trinajstić information content (AvgIpc) is 2.24. The third-order valence-electron chi connectivity index (χ3n) is 2.85. The summed E-state index contributed by atoms with van der Waals surface area (Å²) in [7, 11) is -3.99. The van der Waals surface area contributed by atoms with Gasteiger partial charge in [0, 0.05) is 6.54 Å². The molecule has 0 saturated heterocycles. The summed E-state index contributed by atoms with van der Waals surface area (Å²) in [5.41, 5.74) is 0. The second-order valence-electron chi connectivity index (χ2n) is 4.63. The van der Waals surface area contributed by atoms with Crippen molar-refractivity contribution < 1.29 is 14.4 Å². The van der Waals surface area contributed by atoms with Gasteiger partial charge in [0.1, 0.15) is 0 Å². The summed E-state index contributed by atoms with van der Waals surface area (Å²) in [6.45, 7) is 2.65. The van der Waals surface area contributed by atoms with Crippen LogP contribution in [0.4, 0.5) is 0 Å². The SMILES string of the molecule is CCCCCCCCCCCCNP(=O)(O)O. The van der Waals surface area contributed by atoms with Crippen LogP contribution in [0.25, 0.3) is 0 Å². The highest BCUT2D eigenvalue weighted by atomic mass is 31.2. The fourth-order valence-corrected chi connectivity index (χ4v) is 2.29. The predicted molar refractivity (Wildman–Crippen MR) is 71.9 cm³/mol. The number of nitrogens with one attached hydrogen (secondary N) is 1. The predicted octanol–water partition coefficient (Wildman–Crippen LogP) is 3.59. The van der Waals surface area contributed by atoms with Crippen LogP contribution >= 0.6 is 7.75 Å². The van der Waals surface area contributed by atoms with Gasteiger partial charge in [-0.3, -0.25) is 0 Å². The molecule has 0 fully saturated rings. The minimum absolute atomic E-state index is 0.417. The van der Waals surface area contributed by atoms with Crippen molar-refractivity contribution in [2.45, 2.75) is 71.1 Å². The molecule has 5 heteroatoms. The molecule has 0 radical (unpaired) electrons. The van der Waals surface area contributed by atoms with E-state index in [1.165, 1.54) is 51.4 Å². The first kappa shape index (κ1) is 17.1. The lowest BCUT2D eigenvalue weighted by molar-refractivity contribution is 0.356. The molecule has 4 nitrogen and oxygen atoms in total. The van der Waals surface area contributed by atoms with Crippen LogP contribution in [0.2, 0.25) is 0 Å². The first-order valence-corrected chi connectivity index (χ1v) is 8.48. The van der Waals surface area contributed by atoms with Crippen molar-refractivity contribution in [1.29, 1.82) is 0 Å². The van der Waals surface area contributed by atoms with Gasteiger partial charge >= 0.3 is 7.75 Å². The lowest BCUT2D eigenvalue weighted by Crippen LogP contribution is -2.10. The summed E-state index contributed by atoms with van der Waals surface area (Å²) in [6, 6.07) is 0. The summed E-state index contributed by atoms with van der Waals surface area (Å²) in [5, 5.41) is 2.21. The van der Waals surface area contributed by atoms with Crippen molar-refractivity contribution in [3.63, 3.8) is 0 Å². The molecule has 0 aliphatic rings. The average molecular weight is 265 g/mol. The molecule has 17 heavy (non-hydrogen) atoms. The Balaban J connectivity index is 3.01. The first-order valence-electron chi connectivity index (χ1n) is 6.87. The van der Waals surface area contributed by atoms with Gasteiger partial charge in [-0.2, -0.15) is 0 Å². The van der Waals surface area contributed by atoms with Crippen molar-refractivity contribution in [1.82, 2.24) is 5.09 Å². The maximum absolute atomic E-state index is 10.5. The molecule has 104 valence electrons. The van der Waals surface area contributed by atoms with Gasteiger partial charge in [0.05, 0.1) is 0 Å². The molecule has 0 bridgehead atoms. The van der Waals surface area contributed by atoms with E-state index in [2.05, 4.69) is 12.0 Å². The van der Waals surface area contributed by atoms with Gasteiger partial charge in [0.15, 0.2) is 0 Å². The number of unbranched alkanes of at least 4 members (excludes halogenated alkanes) is 9. The van der Waals surface area contributed by atoms with E-state index < -0.39 is 7.75 Å². The van der Waals surface area contributed by atoms with Crippen molar-refractivity contribution in [2.75, 3.05) is 6.54 Å². The van der Waals surface area contributed by atoms with Crippen LogP contribution in [0.1, 0.15) is 71.1 Å². The van der Waals surface area contributed by atoms with E-state index in [9.17, 15) is 4.57 Å². The molecular formula is C12H28NO3P. The number of hydrogen-bond acceptors (Lipinski definition) is 1. The van der Waals surface area contributed by atoms with Gasteiger partial charge in [0.25, 0.3) is 0 Å². The van der Waals surface area contributed by atoms with E-state index in [-0.39, 0.29) is 0 Å². The Labute approximate surface area is 105 Å². The molecule has 0 unspecified atom stereocenters. The Kier molecular flexibility index (Phi) is 11.3. The van der Waals surface area contributed by atoms with Crippen LogP contribution in [0.3, 0.4) is 0 Å². The summed E-state index contributed by atoms with van der Waals surface area (Å²) in [6.07, 6.45) is 12.3. The molecule has 3 N–H and O–H groups in total. The highest BCUT2D eigenvalue weighted by Gasteiger charge is 2.09. The molecule has 0 aliphatic carbocycles. The van der Waals surface area contributed by atoms with Crippen LogP contribution in [0, 0.1) is 0 Å². The number of rotatable bonds is 12. The lowest BCUT2D eigenvalue weighted by Gasteiger charge is -2.05. The largest absolute Gasteiger partial charge is 0.400 e. The van der Waals surface area contributed by atoms with Gasteiger partial charge in [-0.1, -0.05) is 64.7 Å². The topological polar surface area (TPSA) is 69.6 Å². The summed E-state index contributed by atoms with van der Waals surface area (Å²) >= 11 is 0. The normalized spacial score (nSPS) is 11.9. The highest BCUT2D eigenvalue weighted by Crippen LogP contribution is 2.27. The number of hydrogen-bond donors (Lipinski definition) is 3. The van der Waals surface area contributed by atoms with Gasteiger partial charge < -0.3 is 9.79 Å². The zero-order valence-electron chi connectivity index (χ0n) is 11.0. The quantitative estimate of drug-likeness (QED) is 0.372. The van der Waals surface area contributed by atoms with Crippen LogP contribution in [-0.4, -0.2) is 16.3 Å². The van der Waals surface area contributed by atoms with Crippen LogP contribution in [0.5, 0.6) is 0 Å². The third-order valence-corrected chi connectivity index (χ3v) is 3.48. The maximum atomic E-state index is 10.5. The minimum Gasteiger partial charge on any atom is -0.313 e. The molecule has 0 rings (SSSR count). The van der Waals surface area contributed by atoms with Crippen molar-refractivity contribution in [3.05, 3.63) is 0 Å². The summed E-state index contributed by atoms with van der Waals surface area (Å²) < 4.78 is 10.5. The van der Waals surface area contributed by atoms with Crippen LogP contribution < -0.4 is 5.09 Å². The smallest absolute Gasteiger partial charge is 0.313 e. The van der Waals surface area contributed by atoms with Crippen molar-refractivity contribution in [2.24, 2.45) is 0 Å². The molecule has 0 amide bonds. The molecule has 0 heterocycles. The summed E-state index contributed by atoms with van der Waals surface area (Å²) in [4.78, 5) is 17.1. The van der Waals surface area contributed by atoms with Gasteiger partial charge in [-0.15, -0.1) is 0 Å². The zero-order valence-corrected chi connectivity index (χ0v) is 11.9. The Bertz CT molecular complexity index is 206. The van der Waals surface area contributed by atoms with E-state index in [4.69, 9.17) is 9.79 Å². The van der Waals surface area contributed by atoms with Gasteiger partial charge in [-0.25, -0.2) is 9.65 Å². The summed E-state index contributed by atoms with van der Waals surface area (Å²) in [5.74, 6) is 0. The lowest BCUT2D eigenvalue weighted by atomic mass is 10.1. The fourth-order valence-electron chi connectivity index (χ4n) is 1.84. The monoisotopic (exact) mass is 265 g/mol. The van der Waals surface area contributed by atoms with E-state index >= 15 is 0 Å². The molecule has 0 aromatic heterocycles. The Morgan fingerprint density at radius 3 is 1.65 bits per heavy atom. The van der Waals surface area contributed by atoms with E-state index in [1.54, 1.807) is 0 Å². The Hall–Kier alpha value is 0.110. The molecule has 0 aromatic rings. The molecular weight excluding hydrogens is 237 g/mol. The Morgan fingerprint density at radius 2 is 1.24 bits per heavy atom. The fraction of sp³-hybridized carbons (Fsp3) is 1.00. The first-order chi connectivity index (χ1) is 8.06. The molecule has 0 spiro atoms. The second-order valence-corrected chi connectivity index (χ2v) is 6.04. The van der Waals surface area contributed by atoms with E-state index in [1.807, 2.05) is 0 Å². The molecule has 0 aromatic carbocycles. The second kappa shape index (κ2) is 11.2. The maximum Gasteiger partial charge on any atom is 0.400 e. The third kappa shape index (κ3) is 16.1. The standard InChI is InChI=1S/C12H28NO3P/c1-2-3-4-5-6-7-8-9-10-11-12-13-17(14,15)16/h2-12H2,1H3,(H3,13,14,15,16).